The summed E-state index contributed by atoms with van der Waals surface area (Å²) in [6.45, 7) is 2.77. The molecule has 3 rings (SSSR count). The highest BCUT2D eigenvalue weighted by Crippen LogP contribution is 2.40. The normalized spacial score (nSPS) is 14.0. The Kier molecular flexibility index (Phi) is 3.85. The molecular weight excluding hydrogens is 270 g/mol. The number of carbonyl (C=O) groups excluding carboxylic acids is 1. The van der Waals surface area contributed by atoms with Crippen LogP contribution in [0.3, 0.4) is 0 Å². The van der Waals surface area contributed by atoms with Gasteiger partial charge in [-0.2, -0.15) is 0 Å². The Bertz CT molecular complexity index is 635. The molecule has 21 heavy (non-hydrogen) atoms. The summed E-state index contributed by atoms with van der Waals surface area (Å²) in [4.78, 5) is 16.2. The molecule has 2 heterocycles. The monoisotopic (exact) mass is 287 g/mol. The zero-order chi connectivity index (χ0) is 14.7. The molecule has 1 aliphatic carbocycles. The smallest absolute Gasteiger partial charge is 0.273 e. The molecule has 2 aromatic heterocycles. The van der Waals surface area contributed by atoms with E-state index >= 15 is 0 Å². The van der Waals surface area contributed by atoms with E-state index in [9.17, 15) is 4.79 Å². The third-order valence-corrected chi connectivity index (χ3v) is 3.31. The summed E-state index contributed by atoms with van der Waals surface area (Å²) < 4.78 is 10.6. The van der Waals surface area contributed by atoms with Crippen molar-refractivity contribution in [2.24, 2.45) is 0 Å². The van der Waals surface area contributed by atoms with Crippen LogP contribution in [0.4, 0.5) is 0 Å². The van der Waals surface area contributed by atoms with Crippen LogP contribution in [0.2, 0.25) is 0 Å². The van der Waals surface area contributed by atoms with Crippen LogP contribution in [-0.2, 0) is 6.54 Å². The zero-order valence-corrected chi connectivity index (χ0v) is 11.8. The zero-order valence-electron chi connectivity index (χ0n) is 11.8. The van der Waals surface area contributed by atoms with Crippen molar-refractivity contribution < 1.29 is 14.1 Å². The van der Waals surface area contributed by atoms with Gasteiger partial charge in [0.05, 0.1) is 6.61 Å². The summed E-state index contributed by atoms with van der Waals surface area (Å²) >= 11 is 0. The van der Waals surface area contributed by atoms with Crippen molar-refractivity contribution in [3.63, 3.8) is 0 Å². The molecule has 0 saturated heterocycles. The summed E-state index contributed by atoms with van der Waals surface area (Å²) in [5.74, 6) is 1.54. The summed E-state index contributed by atoms with van der Waals surface area (Å²) in [5.41, 5.74) is 1.15. The lowest BCUT2D eigenvalue weighted by molar-refractivity contribution is 0.0941. The van der Waals surface area contributed by atoms with Crippen molar-refractivity contribution in [3.8, 4) is 5.88 Å². The Morgan fingerprint density at radius 3 is 3.14 bits per heavy atom. The highest BCUT2D eigenvalue weighted by atomic mass is 16.5. The molecule has 1 aliphatic rings. The number of nitrogens with one attached hydrogen (secondary N) is 1. The third kappa shape index (κ3) is 3.21. The average molecular weight is 287 g/mol. The fourth-order valence-corrected chi connectivity index (χ4v) is 2.05. The molecule has 1 saturated carbocycles. The molecule has 0 atom stereocenters. The van der Waals surface area contributed by atoms with Gasteiger partial charge in [-0.1, -0.05) is 11.2 Å². The van der Waals surface area contributed by atoms with Gasteiger partial charge in [0, 0.05) is 30.3 Å². The molecular formula is C15H17N3O3. The van der Waals surface area contributed by atoms with E-state index in [1.165, 1.54) is 0 Å². The molecule has 0 aromatic carbocycles. The maximum atomic E-state index is 12.0. The maximum Gasteiger partial charge on any atom is 0.273 e. The van der Waals surface area contributed by atoms with Gasteiger partial charge in [-0.3, -0.25) is 4.79 Å². The Hall–Kier alpha value is -2.37. The van der Waals surface area contributed by atoms with Crippen LogP contribution in [0.1, 0.15) is 47.5 Å². The Morgan fingerprint density at radius 1 is 1.52 bits per heavy atom. The lowest BCUT2D eigenvalue weighted by atomic mass is 10.2. The molecule has 2 aromatic rings. The van der Waals surface area contributed by atoms with Crippen LogP contribution in [0, 0.1) is 0 Å². The summed E-state index contributed by atoms with van der Waals surface area (Å²) in [6.07, 6.45) is 3.89. The fourth-order valence-electron chi connectivity index (χ4n) is 2.05. The number of hydrogen-bond acceptors (Lipinski definition) is 5. The number of ether oxygens (including phenoxy) is 1. The molecule has 6 nitrogen and oxygen atoms in total. The Balaban J connectivity index is 1.62. The predicted octanol–water partition coefficient (Wildman–Crippen LogP) is 2.28. The second kappa shape index (κ2) is 5.95. The van der Waals surface area contributed by atoms with Crippen LogP contribution in [0.5, 0.6) is 5.88 Å². The Morgan fingerprint density at radius 2 is 2.38 bits per heavy atom. The highest BCUT2D eigenvalue weighted by Gasteiger charge is 2.28. The van der Waals surface area contributed by atoms with Gasteiger partial charge >= 0.3 is 0 Å². The van der Waals surface area contributed by atoms with Gasteiger partial charge in [0.25, 0.3) is 5.91 Å². The van der Waals surface area contributed by atoms with Crippen molar-refractivity contribution in [1.82, 2.24) is 15.5 Å². The van der Waals surface area contributed by atoms with Gasteiger partial charge in [-0.25, -0.2) is 4.98 Å². The van der Waals surface area contributed by atoms with Gasteiger partial charge in [-0.05, 0) is 25.8 Å². The van der Waals surface area contributed by atoms with Crippen molar-refractivity contribution in [2.75, 3.05) is 6.61 Å². The molecule has 0 spiro atoms. The minimum Gasteiger partial charge on any atom is -0.478 e. The molecule has 1 amide bonds. The quantitative estimate of drug-likeness (QED) is 0.882. The van der Waals surface area contributed by atoms with Crippen molar-refractivity contribution in [3.05, 3.63) is 41.4 Å². The Labute approximate surface area is 122 Å². The molecule has 0 radical (unpaired) electrons. The van der Waals surface area contributed by atoms with Crippen LogP contribution in [-0.4, -0.2) is 22.7 Å². The first-order valence-electron chi connectivity index (χ1n) is 7.09. The first-order chi connectivity index (χ1) is 10.3. The van der Waals surface area contributed by atoms with E-state index in [-0.39, 0.29) is 5.91 Å². The second-order valence-corrected chi connectivity index (χ2v) is 4.97. The second-order valence-electron chi connectivity index (χ2n) is 4.97. The van der Waals surface area contributed by atoms with E-state index < -0.39 is 0 Å². The number of hydrogen-bond donors (Lipinski definition) is 1. The van der Waals surface area contributed by atoms with Crippen LogP contribution >= 0.6 is 0 Å². The molecule has 6 heteroatoms. The van der Waals surface area contributed by atoms with Crippen LogP contribution < -0.4 is 10.1 Å². The van der Waals surface area contributed by atoms with Crippen LogP contribution in [0.15, 0.2) is 28.9 Å². The lowest BCUT2D eigenvalue weighted by Gasteiger charge is -2.08. The number of carbonyl (C=O) groups is 1. The van der Waals surface area contributed by atoms with E-state index in [0.29, 0.717) is 30.6 Å². The maximum absolute atomic E-state index is 12.0. The topological polar surface area (TPSA) is 77.2 Å². The molecule has 0 unspecified atom stereocenters. The fraction of sp³-hybridized carbons (Fsp3) is 0.400. The van der Waals surface area contributed by atoms with E-state index in [0.717, 1.165) is 24.2 Å². The van der Waals surface area contributed by atoms with Gasteiger partial charge in [0.1, 0.15) is 5.76 Å². The molecule has 1 fully saturated rings. The van der Waals surface area contributed by atoms with Gasteiger partial charge < -0.3 is 14.6 Å². The standard InChI is InChI=1S/C15H17N3O3/c1-2-20-15-11(4-3-7-16-15)9-17-14(19)12-8-13(21-18-12)10-5-6-10/h3-4,7-8,10H,2,5-6,9H2,1H3,(H,17,19). The average Bonchev–Trinajstić information content (AvgIpc) is 3.24. The lowest BCUT2D eigenvalue weighted by Crippen LogP contribution is -2.23. The van der Waals surface area contributed by atoms with Crippen molar-refractivity contribution in [1.29, 1.82) is 0 Å². The molecule has 0 aliphatic heterocycles. The number of pyridine rings is 1. The minimum absolute atomic E-state index is 0.253. The van der Waals surface area contributed by atoms with Gasteiger partial charge in [-0.15, -0.1) is 0 Å². The van der Waals surface area contributed by atoms with Gasteiger partial charge in [0.2, 0.25) is 5.88 Å². The van der Waals surface area contributed by atoms with Gasteiger partial charge in [0.15, 0.2) is 5.69 Å². The SMILES string of the molecule is CCOc1ncccc1CNC(=O)c1cc(C2CC2)on1. The van der Waals surface area contributed by atoms with Crippen LogP contribution in [0.25, 0.3) is 0 Å². The minimum atomic E-state index is -0.253. The van der Waals surface area contributed by atoms with E-state index in [1.807, 2.05) is 19.1 Å². The molecule has 1 N–H and O–H groups in total. The molecule has 110 valence electrons. The predicted molar refractivity (Wildman–Crippen MR) is 75.1 cm³/mol. The first kappa shape index (κ1) is 13.6. The summed E-state index contributed by atoms with van der Waals surface area (Å²) in [7, 11) is 0. The largest absolute Gasteiger partial charge is 0.478 e. The van der Waals surface area contributed by atoms with Crippen molar-refractivity contribution >= 4 is 5.91 Å². The number of aromatic nitrogens is 2. The first-order valence-corrected chi connectivity index (χ1v) is 7.09. The summed E-state index contributed by atoms with van der Waals surface area (Å²) in [6, 6.07) is 5.40. The highest BCUT2D eigenvalue weighted by molar-refractivity contribution is 5.92. The number of amides is 1. The van der Waals surface area contributed by atoms with Crippen molar-refractivity contribution in [2.45, 2.75) is 32.2 Å². The summed E-state index contributed by atoms with van der Waals surface area (Å²) in [5, 5.41) is 6.62. The number of nitrogens with zero attached hydrogens (tertiary/aromatic N) is 2. The molecule has 0 bridgehead atoms. The van der Waals surface area contributed by atoms with E-state index in [2.05, 4.69) is 15.5 Å². The van der Waals surface area contributed by atoms with E-state index in [1.54, 1.807) is 12.3 Å². The number of rotatable bonds is 6. The van der Waals surface area contributed by atoms with E-state index in [4.69, 9.17) is 9.26 Å². The third-order valence-electron chi connectivity index (χ3n) is 3.31.